The molecule has 3 nitrogen and oxygen atoms in total. The molecule has 100 valence electrons. The molecule has 0 saturated heterocycles. The average molecular weight is 334 g/mol. The van der Waals surface area contributed by atoms with Gasteiger partial charge < -0.3 is 11.1 Å². The summed E-state index contributed by atoms with van der Waals surface area (Å²) in [6.45, 7) is 4.44. The van der Waals surface area contributed by atoms with Gasteiger partial charge in [0, 0.05) is 11.0 Å². The molecule has 0 heterocycles. The van der Waals surface area contributed by atoms with Crippen LogP contribution in [-0.2, 0) is 0 Å². The van der Waals surface area contributed by atoms with Gasteiger partial charge in [-0.3, -0.25) is 4.79 Å². The number of hydrogen-bond acceptors (Lipinski definition) is 2. The van der Waals surface area contributed by atoms with E-state index in [1.807, 2.05) is 13.8 Å². The zero-order valence-electron chi connectivity index (χ0n) is 10.6. The molecule has 0 aliphatic heterocycles. The van der Waals surface area contributed by atoms with E-state index in [4.69, 9.17) is 17.3 Å². The van der Waals surface area contributed by atoms with Crippen molar-refractivity contribution >= 4 is 33.4 Å². The van der Waals surface area contributed by atoms with Gasteiger partial charge in [0.25, 0.3) is 5.91 Å². The number of halogens is 2. The first-order valence-electron chi connectivity index (χ1n) is 5.96. The van der Waals surface area contributed by atoms with Crippen molar-refractivity contribution in [3.8, 4) is 0 Å². The number of carbonyl (C=O) groups excluding carboxylic acids is 1. The van der Waals surface area contributed by atoms with Gasteiger partial charge in [-0.15, -0.1) is 0 Å². The lowest BCUT2D eigenvalue weighted by Gasteiger charge is -2.31. The van der Waals surface area contributed by atoms with Crippen molar-refractivity contribution in [1.82, 2.24) is 5.32 Å². The first kappa shape index (κ1) is 15.5. The van der Waals surface area contributed by atoms with E-state index < -0.39 is 0 Å². The molecule has 0 bridgehead atoms. The Morgan fingerprint density at radius 2 is 2.06 bits per heavy atom. The third kappa shape index (κ3) is 3.25. The van der Waals surface area contributed by atoms with Crippen molar-refractivity contribution in [2.45, 2.75) is 32.2 Å². The van der Waals surface area contributed by atoms with E-state index in [2.05, 4.69) is 21.2 Å². The van der Waals surface area contributed by atoms with E-state index in [0.717, 1.165) is 12.8 Å². The van der Waals surface area contributed by atoms with Gasteiger partial charge >= 0.3 is 0 Å². The molecule has 0 aliphatic rings. The minimum absolute atomic E-state index is 0.185. The molecule has 1 aromatic carbocycles. The van der Waals surface area contributed by atoms with Crippen LogP contribution in [-0.4, -0.2) is 18.0 Å². The van der Waals surface area contributed by atoms with Gasteiger partial charge in [0.05, 0.1) is 16.1 Å². The van der Waals surface area contributed by atoms with Crippen molar-refractivity contribution < 1.29 is 4.79 Å². The van der Waals surface area contributed by atoms with Gasteiger partial charge in [-0.2, -0.15) is 0 Å². The predicted molar refractivity (Wildman–Crippen MR) is 79.0 cm³/mol. The Bertz CT molecular complexity index is 425. The van der Waals surface area contributed by atoms with Crippen LogP contribution in [0.25, 0.3) is 0 Å². The number of carbonyl (C=O) groups is 1. The summed E-state index contributed by atoms with van der Waals surface area (Å²) in [7, 11) is 0. The maximum Gasteiger partial charge on any atom is 0.253 e. The number of nitrogens with one attached hydrogen (secondary N) is 1. The van der Waals surface area contributed by atoms with Gasteiger partial charge in [-0.1, -0.05) is 31.5 Å². The van der Waals surface area contributed by atoms with Crippen LogP contribution in [0.4, 0.5) is 0 Å². The van der Waals surface area contributed by atoms with Crippen molar-refractivity contribution in [3.05, 3.63) is 33.3 Å². The molecule has 0 aliphatic carbocycles. The highest BCUT2D eigenvalue weighted by Crippen LogP contribution is 2.26. The van der Waals surface area contributed by atoms with Crippen LogP contribution in [0.1, 0.15) is 37.0 Å². The Labute approximate surface area is 121 Å². The second-order valence-corrected chi connectivity index (χ2v) is 5.48. The van der Waals surface area contributed by atoms with E-state index in [9.17, 15) is 4.79 Å². The molecule has 0 unspecified atom stereocenters. The fraction of sp³-hybridized carbons (Fsp3) is 0.462. The first-order chi connectivity index (χ1) is 8.49. The molecule has 0 fully saturated rings. The molecule has 0 spiro atoms. The molecular weight excluding hydrogens is 316 g/mol. The first-order valence-corrected chi connectivity index (χ1v) is 7.13. The lowest BCUT2D eigenvalue weighted by Crippen LogP contribution is -2.52. The summed E-state index contributed by atoms with van der Waals surface area (Å²) in [5, 5.41) is 3.42. The highest BCUT2D eigenvalue weighted by atomic mass is 79.9. The van der Waals surface area contributed by atoms with E-state index in [0.29, 0.717) is 21.6 Å². The van der Waals surface area contributed by atoms with Crippen LogP contribution in [0.2, 0.25) is 5.02 Å². The minimum atomic E-state index is -0.358. The number of amides is 1. The Balaban J connectivity index is 2.98. The number of rotatable bonds is 5. The molecule has 0 aromatic heterocycles. The predicted octanol–water partition coefficient (Wildman–Crippen LogP) is 3.35. The summed E-state index contributed by atoms with van der Waals surface area (Å²) in [6, 6.07) is 5.29. The molecule has 5 heteroatoms. The monoisotopic (exact) mass is 332 g/mol. The molecule has 3 N–H and O–H groups in total. The Morgan fingerprint density at radius 3 is 2.56 bits per heavy atom. The normalized spacial score (nSPS) is 11.4. The quantitative estimate of drug-likeness (QED) is 0.868. The van der Waals surface area contributed by atoms with Gasteiger partial charge in [-0.05, 0) is 40.9 Å². The van der Waals surface area contributed by atoms with Gasteiger partial charge in [0.15, 0.2) is 0 Å². The molecule has 0 radical (unpaired) electrons. The van der Waals surface area contributed by atoms with Crippen molar-refractivity contribution in [2.24, 2.45) is 5.73 Å². The number of benzene rings is 1. The third-order valence-corrected chi connectivity index (χ3v) is 4.62. The molecule has 18 heavy (non-hydrogen) atoms. The summed E-state index contributed by atoms with van der Waals surface area (Å²) in [6.07, 6.45) is 1.58. The summed E-state index contributed by atoms with van der Waals surface area (Å²) in [4.78, 5) is 12.2. The Morgan fingerprint density at radius 1 is 1.44 bits per heavy atom. The summed E-state index contributed by atoms with van der Waals surface area (Å²) in [5.74, 6) is -0.185. The Hall–Kier alpha value is -0.580. The fourth-order valence-corrected chi connectivity index (χ4v) is 2.33. The maximum atomic E-state index is 12.2. The molecule has 1 rings (SSSR count). The lowest BCUT2D eigenvalue weighted by molar-refractivity contribution is 0.0895. The lowest BCUT2D eigenvalue weighted by atomic mass is 9.92. The summed E-state index contributed by atoms with van der Waals surface area (Å²) >= 11 is 9.42. The molecule has 1 amide bonds. The number of hydrogen-bond donors (Lipinski definition) is 2. The zero-order chi connectivity index (χ0) is 13.8. The third-order valence-electron chi connectivity index (χ3n) is 3.32. The highest BCUT2D eigenvalue weighted by Gasteiger charge is 2.27. The smallest absolute Gasteiger partial charge is 0.253 e. The molecule has 0 saturated carbocycles. The van der Waals surface area contributed by atoms with Gasteiger partial charge in [0.1, 0.15) is 0 Å². The Kier molecular flexibility index (Phi) is 5.63. The topological polar surface area (TPSA) is 55.1 Å². The van der Waals surface area contributed by atoms with Crippen LogP contribution >= 0.6 is 27.5 Å². The van der Waals surface area contributed by atoms with Crippen molar-refractivity contribution in [2.75, 3.05) is 6.54 Å². The van der Waals surface area contributed by atoms with Gasteiger partial charge in [0.2, 0.25) is 0 Å². The second-order valence-electron chi connectivity index (χ2n) is 4.25. The second kappa shape index (κ2) is 6.55. The van der Waals surface area contributed by atoms with Crippen molar-refractivity contribution in [3.63, 3.8) is 0 Å². The summed E-state index contributed by atoms with van der Waals surface area (Å²) in [5.41, 5.74) is 5.87. The standard InChI is InChI=1S/C13H18BrClN2O/c1-3-13(4-2,8-16)17-12(18)9-6-5-7-10(14)11(9)15/h5-7H,3-4,8,16H2,1-2H3,(H,17,18). The average Bonchev–Trinajstić information content (AvgIpc) is 2.39. The largest absolute Gasteiger partial charge is 0.345 e. The molecule has 0 atom stereocenters. The van der Waals surface area contributed by atoms with Crippen LogP contribution < -0.4 is 11.1 Å². The van der Waals surface area contributed by atoms with Gasteiger partial charge in [-0.25, -0.2) is 0 Å². The summed E-state index contributed by atoms with van der Waals surface area (Å²) < 4.78 is 0.711. The van der Waals surface area contributed by atoms with E-state index >= 15 is 0 Å². The highest BCUT2D eigenvalue weighted by molar-refractivity contribution is 9.10. The van der Waals surface area contributed by atoms with Crippen LogP contribution in [0.15, 0.2) is 22.7 Å². The fourth-order valence-electron chi connectivity index (χ4n) is 1.75. The molecular formula is C13H18BrClN2O. The zero-order valence-corrected chi connectivity index (χ0v) is 12.9. The van der Waals surface area contributed by atoms with E-state index in [1.54, 1.807) is 18.2 Å². The minimum Gasteiger partial charge on any atom is -0.345 e. The maximum absolute atomic E-state index is 12.2. The van der Waals surface area contributed by atoms with E-state index in [1.165, 1.54) is 0 Å². The SMILES string of the molecule is CCC(CC)(CN)NC(=O)c1cccc(Br)c1Cl. The van der Waals surface area contributed by atoms with Crippen LogP contribution in [0, 0.1) is 0 Å². The molecule has 1 aromatic rings. The number of nitrogens with two attached hydrogens (primary N) is 1. The van der Waals surface area contributed by atoms with Crippen molar-refractivity contribution in [1.29, 1.82) is 0 Å². The van der Waals surface area contributed by atoms with Crippen LogP contribution in [0.3, 0.4) is 0 Å². The van der Waals surface area contributed by atoms with Crippen LogP contribution in [0.5, 0.6) is 0 Å². The van der Waals surface area contributed by atoms with E-state index in [-0.39, 0.29) is 11.4 Å².